The van der Waals surface area contributed by atoms with E-state index in [1.165, 1.54) is 25.0 Å². The van der Waals surface area contributed by atoms with Crippen molar-refractivity contribution in [1.82, 2.24) is 20.9 Å². The summed E-state index contributed by atoms with van der Waals surface area (Å²) in [6.07, 6.45) is 3.38. The standard InChI is InChI=1S/C31H43FN4O3/c1-20-15-25-7-5-6-8-29(25)39-21(2)18-33-28(24-11-12-24)19-36(4)22(3)30(37)35-27(31(38)34-17-20)16-23-9-13-26(32)14-10-23/h5-10,13-14,20-22,24,27-28,33H,11-12,15-19H2,1-4H3,(H,34,38)(H,35,37)/t20-,21+,22+,27+,28+/m0/s1. The monoisotopic (exact) mass is 538 g/mol. The Morgan fingerprint density at radius 1 is 0.974 bits per heavy atom. The summed E-state index contributed by atoms with van der Waals surface area (Å²) in [5.74, 6) is 0.836. The summed E-state index contributed by atoms with van der Waals surface area (Å²) in [7, 11) is 1.95. The summed E-state index contributed by atoms with van der Waals surface area (Å²) in [6, 6.07) is 13.2. The smallest absolute Gasteiger partial charge is 0.242 e. The molecule has 1 heterocycles. The van der Waals surface area contributed by atoms with Crippen LogP contribution in [0.2, 0.25) is 0 Å². The molecule has 2 aromatic carbocycles. The summed E-state index contributed by atoms with van der Waals surface area (Å²) in [5, 5.41) is 9.73. The molecule has 5 atom stereocenters. The zero-order chi connectivity index (χ0) is 27.9. The number of halogens is 1. The molecule has 1 aliphatic heterocycles. The highest BCUT2D eigenvalue weighted by Crippen LogP contribution is 2.33. The van der Waals surface area contributed by atoms with E-state index in [0.717, 1.165) is 36.4 Å². The lowest BCUT2D eigenvalue weighted by atomic mass is 9.99. The van der Waals surface area contributed by atoms with Crippen molar-refractivity contribution in [3.8, 4) is 5.75 Å². The number of amides is 2. The molecule has 0 aromatic heterocycles. The Kier molecular flexibility index (Phi) is 9.97. The van der Waals surface area contributed by atoms with E-state index < -0.39 is 12.1 Å². The van der Waals surface area contributed by atoms with E-state index in [1.54, 1.807) is 12.1 Å². The predicted molar refractivity (Wildman–Crippen MR) is 151 cm³/mol. The second-order valence-corrected chi connectivity index (χ2v) is 11.5. The van der Waals surface area contributed by atoms with Gasteiger partial charge < -0.3 is 20.7 Å². The van der Waals surface area contributed by atoms with Crippen LogP contribution >= 0.6 is 0 Å². The first-order valence-electron chi connectivity index (χ1n) is 14.2. The van der Waals surface area contributed by atoms with Crippen LogP contribution in [0.3, 0.4) is 0 Å². The summed E-state index contributed by atoms with van der Waals surface area (Å²) in [6.45, 7) is 7.93. The third kappa shape index (κ3) is 8.51. The fraction of sp³-hybridized carbons (Fsp3) is 0.548. The van der Waals surface area contributed by atoms with Gasteiger partial charge in [-0.1, -0.05) is 37.3 Å². The Hall–Kier alpha value is -2.97. The van der Waals surface area contributed by atoms with Crippen LogP contribution in [0.5, 0.6) is 5.75 Å². The minimum atomic E-state index is -0.765. The molecule has 1 fully saturated rings. The van der Waals surface area contributed by atoms with E-state index in [4.69, 9.17) is 4.74 Å². The number of hydrogen-bond acceptors (Lipinski definition) is 5. The number of nitrogens with one attached hydrogen (secondary N) is 3. The van der Waals surface area contributed by atoms with Gasteiger partial charge in [-0.2, -0.15) is 0 Å². The summed E-state index contributed by atoms with van der Waals surface area (Å²) in [4.78, 5) is 28.7. The molecule has 4 rings (SSSR count). The molecule has 0 radical (unpaired) electrons. The largest absolute Gasteiger partial charge is 0.489 e. The van der Waals surface area contributed by atoms with Gasteiger partial charge >= 0.3 is 0 Å². The number of nitrogens with zero attached hydrogens (tertiary/aromatic N) is 1. The molecule has 1 saturated carbocycles. The van der Waals surface area contributed by atoms with Gasteiger partial charge in [0.15, 0.2) is 0 Å². The van der Waals surface area contributed by atoms with E-state index in [1.807, 2.05) is 37.1 Å². The number of likely N-dealkylation sites (N-methyl/N-ethyl adjacent to an activating group) is 1. The number of rotatable bonds is 3. The van der Waals surface area contributed by atoms with Crippen molar-refractivity contribution in [2.45, 2.75) is 70.7 Å². The summed E-state index contributed by atoms with van der Waals surface area (Å²) < 4.78 is 19.8. The van der Waals surface area contributed by atoms with Crippen LogP contribution in [0.1, 0.15) is 44.7 Å². The van der Waals surface area contributed by atoms with Crippen LogP contribution in [-0.2, 0) is 22.4 Å². The minimum absolute atomic E-state index is 0.0143. The van der Waals surface area contributed by atoms with Crippen LogP contribution < -0.4 is 20.7 Å². The van der Waals surface area contributed by atoms with Crippen LogP contribution in [0.15, 0.2) is 48.5 Å². The fourth-order valence-electron chi connectivity index (χ4n) is 5.11. The van der Waals surface area contributed by atoms with Gasteiger partial charge in [0.25, 0.3) is 0 Å². The molecular formula is C31H43FN4O3. The molecule has 7 nitrogen and oxygen atoms in total. The second-order valence-electron chi connectivity index (χ2n) is 11.5. The van der Waals surface area contributed by atoms with Gasteiger partial charge in [0.05, 0.1) is 6.04 Å². The Bertz CT molecular complexity index is 1110. The highest BCUT2D eigenvalue weighted by Gasteiger charge is 2.34. The first-order valence-corrected chi connectivity index (χ1v) is 14.2. The molecule has 3 N–H and O–H groups in total. The van der Waals surface area contributed by atoms with Gasteiger partial charge in [0.1, 0.15) is 23.7 Å². The predicted octanol–water partition coefficient (Wildman–Crippen LogP) is 3.32. The molecule has 2 amide bonds. The highest BCUT2D eigenvalue weighted by atomic mass is 19.1. The van der Waals surface area contributed by atoms with Crippen molar-refractivity contribution in [2.75, 3.05) is 26.7 Å². The van der Waals surface area contributed by atoms with Crippen molar-refractivity contribution in [3.05, 3.63) is 65.5 Å². The molecule has 0 unspecified atom stereocenters. The lowest BCUT2D eigenvalue weighted by Gasteiger charge is -2.31. The number of fused-ring (bicyclic) bond motifs is 1. The lowest BCUT2D eigenvalue weighted by Crippen LogP contribution is -2.55. The molecule has 2 aromatic rings. The van der Waals surface area contributed by atoms with E-state index in [-0.39, 0.29) is 42.1 Å². The zero-order valence-corrected chi connectivity index (χ0v) is 23.6. The Labute approximate surface area is 231 Å². The molecule has 212 valence electrons. The summed E-state index contributed by atoms with van der Waals surface area (Å²) >= 11 is 0. The molecule has 2 aliphatic rings. The zero-order valence-electron chi connectivity index (χ0n) is 23.6. The van der Waals surface area contributed by atoms with E-state index in [2.05, 4.69) is 35.9 Å². The topological polar surface area (TPSA) is 82.7 Å². The number of benzene rings is 2. The molecule has 39 heavy (non-hydrogen) atoms. The Morgan fingerprint density at radius 2 is 1.69 bits per heavy atom. The van der Waals surface area contributed by atoms with Crippen molar-refractivity contribution in [2.24, 2.45) is 11.8 Å². The number of para-hydroxylation sites is 1. The Balaban J connectivity index is 1.55. The van der Waals surface area contributed by atoms with Crippen LogP contribution in [0.4, 0.5) is 4.39 Å². The Morgan fingerprint density at radius 3 is 2.41 bits per heavy atom. The van der Waals surface area contributed by atoms with Gasteiger partial charge in [-0.3, -0.25) is 14.5 Å². The number of hydrogen-bond donors (Lipinski definition) is 3. The van der Waals surface area contributed by atoms with Crippen molar-refractivity contribution >= 4 is 11.8 Å². The SMILES string of the molecule is C[C@@H]1CNC(=O)[C@@H](Cc2ccc(F)cc2)NC(=O)[C@@H](C)N(C)C[C@H](C2CC2)NC[C@@H](C)Oc2ccccc2C1. The van der Waals surface area contributed by atoms with Gasteiger partial charge in [0.2, 0.25) is 11.8 Å². The van der Waals surface area contributed by atoms with Crippen LogP contribution in [0, 0.1) is 17.7 Å². The van der Waals surface area contributed by atoms with Crippen LogP contribution in [0.25, 0.3) is 0 Å². The second kappa shape index (κ2) is 13.4. The van der Waals surface area contributed by atoms with E-state index in [9.17, 15) is 14.0 Å². The molecule has 8 heteroatoms. The third-order valence-electron chi connectivity index (χ3n) is 7.86. The minimum Gasteiger partial charge on any atom is -0.489 e. The average Bonchev–Trinajstić information content (AvgIpc) is 3.76. The quantitative estimate of drug-likeness (QED) is 0.559. The first-order chi connectivity index (χ1) is 18.7. The maximum atomic E-state index is 13.5. The number of carbonyl (C=O) groups is 2. The molecular weight excluding hydrogens is 495 g/mol. The van der Waals surface area contributed by atoms with Gasteiger partial charge in [-0.15, -0.1) is 0 Å². The highest BCUT2D eigenvalue weighted by molar-refractivity contribution is 5.89. The van der Waals surface area contributed by atoms with E-state index in [0.29, 0.717) is 12.5 Å². The average molecular weight is 539 g/mol. The fourth-order valence-corrected chi connectivity index (χ4v) is 5.11. The van der Waals surface area contributed by atoms with Gasteiger partial charge in [-0.25, -0.2) is 4.39 Å². The normalized spacial score (nSPS) is 28.3. The third-order valence-corrected chi connectivity index (χ3v) is 7.86. The van der Waals surface area contributed by atoms with Crippen molar-refractivity contribution < 1.29 is 18.7 Å². The van der Waals surface area contributed by atoms with Gasteiger partial charge in [0, 0.05) is 32.1 Å². The lowest BCUT2D eigenvalue weighted by molar-refractivity contribution is -0.131. The maximum Gasteiger partial charge on any atom is 0.242 e. The molecule has 0 bridgehead atoms. The molecule has 0 spiro atoms. The summed E-state index contributed by atoms with van der Waals surface area (Å²) in [5.41, 5.74) is 1.89. The number of carbonyl (C=O) groups excluding carboxylic acids is 2. The first kappa shape index (κ1) is 29.0. The maximum absolute atomic E-state index is 13.5. The molecule has 1 aliphatic carbocycles. The van der Waals surface area contributed by atoms with Gasteiger partial charge in [-0.05, 0) is 81.3 Å². The van der Waals surface area contributed by atoms with Crippen molar-refractivity contribution in [1.29, 1.82) is 0 Å². The van der Waals surface area contributed by atoms with Crippen molar-refractivity contribution in [3.63, 3.8) is 0 Å². The van der Waals surface area contributed by atoms with Crippen LogP contribution in [-0.4, -0.2) is 67.6 Å². The number of ether oxygens (including phenoxy) is 1. The molecule has 0 saturated heterocycles. The van der Waals surface area contributed by atoms with E-state index >= 15 is 0 Å².